The Kier molecular flexibility index (Phi) is 5.30. The van der Waals surface area contributed by atoms with Crippen LogP contribution in [-0.2, 0) is 26.3 Å². The molecule has 1 unspecified atom stereocenters. The topological polar surface area (TPSA) is 42.7 Å². The number of aryl methyl sites for hydroxylation is 3. The lowest BCUT2D eigenvalue weighted by molar-refractivity contribution is 0.503. The molecule has 0 aliphatic carbocycles. The van der Waals surface area contributed by atoms with Gasteiger partial charge in [0, 0.05) is 37.6 Å². The summed E-state index contributed by atoms with van der Waals surface area (Å²) >= 11 is 0. The van der Waals surface area contributed by atoms with Crippen molar-refractivity contribution < 1.29 is 0 Å². The zero-order valence-electron chi connectivity index (χ0n) is 12.6. The van der Waals surface area contributed by atoms with Crippen molar-refractivity contribution in [1.82, 2.24) is 20.1 Å². The van der Waals surface area contributed by atoms with Gasteiger partial charge in [0.15, 0.2) is 0 Å². The number of rotatable bonds is 7. The summed E-state index contributed by atoms with van der Waals surface area (Å²) in [5.41, 5.74) is 3.82. The van der Waals surface area contributed by atoms with Crippen molar-refractivity contribution in [2.45, 2.75) is 38.6 Å². The van der Waals surface area contributed by atoms with E-state index in [4.69, 9.17) is 0 Å². The van der Waals surface area contributed by atoms with Crippen LogP contribution in [0.4, 0.5) is 0 Å². The summed E-state index contributed by atoms with van der Waals surface area (Å²) in [6.45, 7) is 2.14. The normalized spacial score (nSPS) is 12.6. The first kappa shape index (κ1) is 14.7. The second-order valence-electron chi connectivity index (χ2n) is 5.19. The predicted molar refractivity (Wildman–Crippen MR) is 81.7 cm³/mol. The molecule has 0 amide bonds. The molecule has 0 aliphatic rings. The largest absolute Gasteiger partial charge is 0.317 e. The number of likely N-dealkylation sites (N-methyl/N-ethyl adjacent to an activating group) is 1. The summed E-state index contributed by atoms with van der Waals surface area (Å²) in [4.78, 5) is 4.06. The fourth-order valence-corrected chi connectivity index (χ4v) is 2.43. The van der Waals surface area contributed by atoms with E-state index >= 15 is 0 Å². The highest BCUT2D eigenvalue weighted by atomic mass is 15.3. The van der Waals surface area contributed by atoms with E-state index in [1.807, 2.05) is 31.2 Å². The second kappa shape index (κ2) is 7.20. The molecule has 0 fully saturated rings. The monoisotopic (exact) mass is 272 g/mol. The van der Waals surface area contributed by atoms with Gasteiger partial charge < -0.3 is 5.32 Å². The van der Waals surface area contributed by atoms with E-state index in [0.29, 0.717) is 6.04 Å². The smallest absolute Gasteiger partial charge is 0.0624 e. The molecule has 2 aromatic heterocycles. The lowest BCUT2D eigenvalue weighted by atomic mass is 10.0. The summed E-state index contributed by atoms with van der Waals surface area (Å²) < 4.78 is 2.01. The molecule has 0 aromatic carbocycles. The number of hydrogen-bond acceptors (Lipinski definition) is 3. The van der Waals surface area contributed by atoms with Gasteiger partial charge in [0.1, 0.15) is 0 Å². The van der Waals surface area contributed by atoms with E-state index in [9.17, 15) is 0 Å². The zero-order chi connectivity index (χ0) is 14.4. The number of nitrogens with zero attached hydrogens (tertiary/aromatic N) is 3. The lowest BCUT2D eigenvalue weighted by Gasteiger charge is -2.16. The minimum Gasteiger partial charge on any atom is -0.317 e. The molecular formula is C16H24N4. The third-order valence-electron chi connectivity index (χ3n) is 3.78. The van der Waals surface area contributed by atoms with Gasteiger partial charge in [0.25, 0.3) is 0 Å². The second-order valence-corrected chi connectivity index (χ2v) is 5.19. The summed E-state index contributed by atoms with van der Waals surface area (Å²) in [7, 11) is 4.07. The average Bonchev–Trinajstić information content (AvgIpc) is 2.84. The number of pyridine rings is 1. The minimum atomic E-state index is 0.475. The van der Waals surface area contributed by atoms with Gasteiger partial charge in [-0.2, -0.15) is 5.10 Å². The third-order valence-corrected chi connectivity index (χ3v) is 3.78. The van der Waals surface area contributed by atoms with Crippen LogP contribution in [0.2, 0.25) is 0 Å². The van der Waals surface area contributed by atoms with Gasteiger partial charge in [-0.3, -0.25) is 9.67 Å². The Hall–Kier alpha value is -1.68. The fraction of sp³-hybridized carbons (Fsp3) is 0.500. The van der Waals surface area contributed by atoms with Crippen LogP contribution >= 0.6 is 0 Å². The number of hydrogen-bond donors (Lipinski definition) is 1. The molecule has 2 heterocycles. The van der Waals surface area contributed by atoms with Gasteiger partial charge in [-0.05, 0) is 50.1 Å². The molecule has 0 saturated heterocycles. The molecule has 0 aliphatic heterocycles. The van der Waals surface area contributed by atoms with Crippen molar-refractivity contribution in [2.24, 2.45) is 7.05 Å². The predicted octanol–water partition coefficient (Wildman–Crippen LogP) is 2.14. The van der Waals surface area contributed by atoms with E-state index in [0.717, 1.165) is 25.7 Å². The van der Waals surface area contributed by atoms with Crippen LogP contribution in [0.1, 0.15) is 30.3 Å². The van der Waals surface area contributed by atoms with Gasteiger partial charge in [0.2, 0.25) is 0 Å². The molecule has 0 bridgehead atoms. The van der Waals surface area contributed by atoms with Crippen molar-refractivity contribution in [3.63, 3.8) is 0 Å². The zero-order valence-corrected chi connectivity index (χ0v) is 12.6. The first-order chi connectivity index (χ1) is 9.72. The highest BCUT2D eigenvalue weighted by Gasteiger charge is 2.11. The van der Waals surface area contributed by atoms with Crippen LogP contribution in [-0.4, -0.2) is 27.9 Å². The molecule has 2 rings (SSSR count). The van der Waals surface area contributed by atoms with E-state index in [1.54, 1.807) is 0 Å². The van der Waals surface area contributed by atoms with Crippen molar-refractivity contribution in [3.05, 3.63) is 47.5 Å². The number of nitrogens with one attached hydrogen (secondary N) is 1. The van der Waals surface area contributed by atoms with Crippen LogP contribution in [0, 0.1) is 0 Å². The molecule has 2 aromatic rings. The maximum Gasteiger partial charge on any atom is 0.0624 e. The Morgan fingerprint density at radius 1 is 1.30 bits per heavy atom. The SMILES string of the molecule is CCc1cc(CC(CCc2ccncc2)NC)n(C)n1. The molecule has 1 atom stereocenters. The quantitative estimate of drug-likeness (QED) is 0.840. The Morgan fingerprint density at radius 2 is 2.05 bits per heavy atom. The first-order valence-electron chi connectivity index (χ1n) is 7.31. The molecule has 20 heavy (non-hydrogen) atoms. The summed E-state index contributed by atoms with van der Waals surface area (Å²) in [5.74, 6) is 0. The number of aromatic nitrogens is 3. The van der Waals surface area contributed by atoms with Gasteiger partial charge >= 0.3 is 0 Å². The highest BCUT2D eigenvalue weighted by Crippen LogP contribution is 2.11. The Morgan fingerprint density at radius 3 is 2.65 bits per heavy atom. The molecule has 1 N–H and O–H groups in total. The third kappa shape index (κ3) is 3.90. The van der Waals surface area contributed by atoms with E-state index in [-0.39, 0.29) is 0 Å². The average molecular weight is 272 g/mol. The molecule has 4 nitrogen and oxygen atoms in total. The van der Waals surface area contributed by atoms with Crippen molar-refractivity contribution >= 4 is 0 Å². The van der Waals surface area contributed by atoms with Gasteiger partial charge in [-0.15, -0.1) is 0 Å². The van der Waals surface area contributed by atoms with Gasteiger partial charge in [-0.25, -0.2) is 0 Å². The Balaban J connectivity index is 1.93. The van der Waals surface area contributed by atoms with E-state index in [1.165, 1.54) is 17.0 Å². The summed E-state index contributed by atoms with van der Waals surface area (Å²) in [6, 6.07) is 6.87. The maximum atomic E-state index is 4.52. The van der Waals surface area contributed by atoms with Crippen LogP contribution < -0.4 is 5.32 Å². The lowest BCUT2D eigenvalue weighted by Crippen LogP contribution is -2.29. The van der Waals surface area contributed by atoms with Gasteiger partial charge in [-0.1, -0.05) is 6.92 Å². The molecule has 0 radical (unpaired) electrons. The molecule has 108 valence electrons. The van der Waals surface area contributed by atoms with Crippen molar-refractivity contribution in [1.29, 1.82) is 0 Å². The van der Waals surface area contributed by atoms with Crippen molar-refractivity contribution in [2.75, 3.05) is 7.05 Å². The maximum absolute atomic E-state index is 4.52. The molecular weight excluding hydrogens is 248 g/mol. The van der Waals surface area contributed by atoms with Crippen LogP contribution in [0.25, 0.3) is 0 Å². The molecule has 0 saturated carbocycles. The van der Waals surface area contributed by atoms with Crippen LogP contribution in [0.3, 0.4) is 0 Å². The van der Waals surface area contributed by atoms with Crippen LogP contribution in [0.15, 0.2) is 30.6 Å². The summed E-state index contributed by atoms with van der Waals surface area (Å²) in [5, 5.41) is 7.93. The van der Waals surface area contributed by atoms with E-state index in [2.05, 4.69) is 40.5 Å². The summed E-state index contributed by atoms with van der Waals surface area (Å²) in [6.07, 6.45) is 7.93. The highest BCUT2D eigenvalue weighted by molar-refractivity contribution is 5.13. The van der Waals surface area contributed by atoms with Gasteiger partial charge in [0.05, 0.1) is 5.69 Å². The van der Waals surface area contributed by atoms with Crippen molar-refractivity contribution in [3.8, 4) is 0 Å². The Bertz CT molecular complexity index is 519. The van der Waals surface area contributed by atoms with Crippen LogP contribution in [0.5, 0.6) is 0 Å². The fourth-order valence-electron chi connectivity index (χ4n) is 2.43. The van der Waals surface area contributed by atoms with E-state index < -0.39 is 0 Å². The Labute approximate surface area is 121 Å². The first-order valence-corrected chi connectivity index (χ1v) is 7.31. The molecule has 0 spiro atoms. The molecule has 4 heteroatoms. The standard InChI is InChI=1S/C16H24N4/c1-4-14-11-16(20(3)19-14)12-15(17-2)6-5-13-7-9-18-10-8-13/h7-11,15,17H,4-6,12H2,1-3H3. The minimum absolute atomic E-state index is 0.475.